The maximum absolute atomic E-state index is 11.6. The summed E-state index contributed by atoms with van der Waals surface area (Å²) < 4.78 is 0. The van der Waals surface area contributed by atoms with E-state index in [2.05, 4.69) is 30.2 Å². The molecule has 0 saturated carbocycles. The Bertz CT molecular complexity index is 776. The van der Waals surface area contributed by atoms with E-state index in [1.54, 1.807) is 13.8 Å². The molecule has 12 nitrogen and oxygen atoms in total. The molecule has 0 spiro atoms. The van der Waals surface area contributed by atoms with Crippen LogP contribution in [0.1, 0.15) is 79.1 Å². The summed E-state index contributed by atoms with van der Waals surface area (Å²) in [5.41, 5.74) is 0. The zero-order chi connectivity index (χ0) is 30.8. The van der Waals surface area contributed by atoms with Crippen LogP contribution < -0.4 is 15.5 Å². The van der Waals surface area contributed by atoms with E-state index < -0.39 is 24.1 Å². The number of unbranched alkanes of at least 4 members (excludes halogenated alkanes) is 2. The topological polar surface area (TPSA) is 189 Å². The maximum atomic E-state index is 11.6. The molecule has 4 N–H and O–H groups in total. The van der Waals surface area contributed by atoms with Crippen molar-refractivity contribution in [2.45, 2.75) is 91.3 Å². The fraction of sp³-hybridized carbons (Fsp3) is 0.714. The molecule has 1 amide bonds. The van der Waals surface area contributed by atoms with Gasteiger partial charge in [0.15, 0.2) is 0 Å². The van der Waals surface area contributed by atoms with Gasteiger partial charge in [0, 0.05) is 26.1 Å². The number of nitrogens with one attached hydrogen (secondary N) is 1. The number of hydrogen-bond acceptors (Lipinski definition) is 10. The van der Waals surface area contributed by atoms with Crippen molar-refractivity contribution in [3.8, 4) is 0 Å². The molecule has 0 aromatic rings. The summed E-state index contributed by atoms with van der Waals surface area (Å²) in [6, 6.07) is 0. The number of carbonyl (C=O) groups is 3. The predicted octanol–water partition coefficient (Wildman–Crippen LogP) is -0.145. The van der Waals surface area contributed by atoms with Gasteiger partial charge in [-0.2, -0.15) is 0 Å². The fourth-order valence-electron chi connectivity index (χ4n) is 3.25. The number of aliphatic carboxylic acids is 2. The van der Waals surface area contributed by atoms with Crippen LogP contribution in [0.5, 0.6) is 0 Å². The first-order chi connectivity index (χ1) is 18.9. The molecule has 0 aliphatic carbocycles. The molecule has 41 heavy (non-hydrogen) atoms. The molecule has 232 valence electrons. The number of aliphatic imine (C=N–C) groups is 1. The Hall–Kier alpha value is -1.54. The van der Waals surface area contributed by atoms with Crippen molar-refractivity contribution in [1.82, 2.24) is 15.1 Å². The van der Waals surface area contributed by atoms with Crippen molar-refractivity contribution in [3.63, 3.8) is 0 Å². The second-order valence-corrected chi connectivity index (χ2v) is 9.54. The van der Waals surface area contributed by atoms with Gasteiger partial charge in [-0.15, -0.1) is 0 Å². The number of aliphatic hydroxyl groups is 2. The van der Waals surface area contributed by atoms with E-state index in [9.17, 15) is 34.8 Å². The first kappa shape index (κ1) is 43.9. The molecule has 0 aromatic heterocycles. The minimum atomic E-state index is -1.25. The summed E-state index contributed by atoms with van der Waals surface area (Å²) in [5.74, 6) is -2.62. The molecule has 0 rings (SSSR count). The van der Waals surface area contributed by atoms with E-state index in [1.807, 2.05) is 18.2 Å². The number of rotatable bonds is 22. The number of nitrogens with zero attached hydrogens (tertiary/aromatic N) is 3. The van der Waals surface area contributed by atoms with Gasteiger partial charge in [0.2, 0.25) is 5.91 Å². The van der Waals surface area contributed by atoms with Crippen molar-refractivity contribution in [3.05, 3.63) is 24.3 Å². The van der Waals surface area contributed by atoms with E-state index in [1.165, 1.54) is 9.80 Å². The third-order valence-electron chi connectivity index (χ3n) is 5.01. The summed E-state index contributed by atoms with van der Waals surface area (Å²) in [4.78, 5) is 39.4. The van der Waals surface area contributed by atoms with Crippen molar-refractivity contribution in [2.75, 3.05) is 39.5 Å². The van der Waals surface area contributed by atoms with Crippen LogP contribution in [0.2, 0.25) is 0 Å². The summed E-state index contributed by atoms with van der Waals surface area (Å²) in [6.07, 6.45) is 12.9. The second kappa shape index (κ2) is 29.9. The van der Waals surface area contributed by atoms with Crippen molar-refractivity contribution in [2.24, 2.45) is 4.99 Å². The van der Waals surface area contributed by atoms with Gasteiger partial charge >= 0.3 is 43.7 Å². The van der Waals surface area contributed by atoms with Crippen LogP contribution in [0.15, 0.2) is 29.3 Å². The predicted molar refractivity (Wildman–Crippen MR) is 157 cm³/mol. The molecule has 0 heterocycles. The zero-order valence-electron chi connectivity index (χ0n) is 25.3. The summed E-state index contributed by atoms with van der Waals surface area (Å²) >= 11 is 0. The molecule has 0 aromatic carbocycles. The first-order valence-corrected chi connectivity index (χ1v) is 13.9. The minimum Gasteiger partial charge on any atom is -0.862 e. The standard InChI is InChI=1S/2C14H26N2O4.Ca/c2*1-3-4-5-6-7-8-13(18)15-11-16(9-12(2)17)10-14(19)20;/h2*5-6,12,17H,3-4,7-11H2,1-2H3,(H,15,18)(H,19,20);/q;;+2/p-2/b2*6-5+;. The Labute approximate surface area is 275 Å². The molecular formula is C28H50CaN4O8. The average Bonchev–Trinajstić information content (AvgIpc) is 2.84. The van der Waals surface area contributed by atoms with Crippen LogP contribution in [0.3, 0.4) is 0 Å². The molecule has 13 heteroatoms. The molecule has 0 fully saturated rings. The van der Waals surface area contributed by atoms with Gasteiger partial charge in [-0.3, -0.25) is 24.4 Å². The van der Waals surface area contributed by atoms with Gasteiger partial charge in [0.1, 0.15) is 0 Å². The molecular weight excluding hydrogens is 560 g/mol. The normalized spacial score (nSPS) is 13.1. The number of carboxylic acid groups (broad SMARTS) is 2. The number of aliphatic hydroxyl groups excluding tert-OH is 2. The van der Waals surface area contributed by atoms with Gasteiger partial charge in [-0.05, 0) is 51.8 Å². The van der Waals surface area contributed by atoms with Crippen molar-refractivity contribution < 1.29 is 39.9 Å². The number of carboxylic acids is 2. The summed E-state index contributed by atoms with van der Waals surface area (Å²) in [6.45, 7) is 7.20. The third-order valence-corrected chi connectivity index (χ3v) is 5.01. The molecule has 0 aliphatic rings. The van der Waals surface area contributed by atoms with Crippen LogP contribution in [0.25, 0.3) is 0 Å². The Morgan fingerprint density at radius 3 is 1.78 bits per heavy atom. The van der Waals surface area contributed by atoms with E-state index in [4.69, 9.17) is 5.11 Å². The Morgan fingerprint density at radius 2 is 1.32 bits per heavy atom. The second-order valence-electron chi connectivity index (χ2n) is 9.54. The van der Waals surface area contributed by atoms with Gasteiger partial charge in [0.05, 0.1) is 38.1 Å². The summed E-state index contributed by atoms with van der Waals surface area (Å²) in [7, 11) is 0. The van der Waals surface area contributed by atoms with Gasteiger partial charge in [0.25, 0.3) is 0 Å². The van der Waals surface area contributed by atoms with Crippen molar-refractivity contribution >= 4 is 61.5 Å². The van der Waals surface area contributed by atoms with Crippen LogP contribution in [0, 0.1) is 0 Å². The quantitative estimate of drug-likeness (QED) is 0.0422. The fourth-order valence-corrected chi connectivity index (χ4v) is 3.25. The van der Waals surface area contributed by atoms with Crippen LogP contribution in [0.4, 0.5) is 0 Å². The van der Waals surface area contributed by atoms with Crippen LogP contribution in [-0.4, -0.2) is 138 Å². The smallest absolute Gasteiger partial charge is 0.862 e. The van der Waals surface area contributed by atoms with Crippen LogP contribution in [-0.2, 0) is 14.4 Å². The SMILES string of the molecule is CCC/C=C/CCC(=O)NCN(CC(=O)O)CC(C)O.CCC/C=C/CCC([O-])=NCN(CC(=O)[O-])CC(C)O.[Ca+2]. The number of allylic oxidation sites excluding steroid dienone is 4. The van der Waals surface area contributed by atoms with Gasteiger partial charge in [-0.1, -0.05) is 51.0 Å². The average molecular weight is 611 g/mol. The zero-order valence-corrected chi connectivity index (χ0v) is 27.5. The Morgan fingerprint density at radius 1 is 0.829 bits per heavy atom. The molecule has 2 atom stereocenters. The first-order valence-electron chi connectivity index (χ1n) is 13.9. The van der Waals surface area contributed by atoms with E-state index >= 15 is 0 Å². The number of hydrogen-bond donors (Lipinski definition) is 4. The summed E-state index contributed by atoms with van der Waals surface area (Å²) in [5, 5.41) is 51.9. The maximum Gasteiger partial charge on any atom is 2.00 e. The van der Waals surface area contributed by atoms with E-state index in [0.29, 0.717) is 25.7 Å². The Kier molecular flexibility index (Phi) is 32.1. The van der Waals surface area contributed by atoms with Gasteiger partial charge < -0.3 is 35.6 Å². The molecule has 0 saturated heterocycles. The molecule has 0 bridgehead atoms. The van der Waals surface area contributed by atoms with E-state index in [0.717, 1.165) is 25.7 Å². The van der Waals surface area contributed by atoms with Gasteiger partial charge in [-0.25, -0.2) is 0 Å². The number of amides is 1. The minimum absolute atomic E-state index is 0. The molecule has 0 radical (unpaired) electrons. The Balaban J connectivity index is -0.000000688. The number of carbonyl (C=O) groups excluding carboxylic acids is 2. The van der Waals surface area contributed by atoms with Crippen molar-refractivity contribution in [1.29, 1.82) is 0 Å². The van der Waals surface area contributed by atoms with Crippen LogP contribution >= 0.6 is 0 Å². The molecule has 0 aliphatic heterocycles. The monoisotopic (exact) mass is 610 g/mol. The third kappa shape index (κ3) is 34.6. The largest absolute Gasteiger partial charge is 2.00 e. The molecule has 2 unspecified atom stereocenters. The van der Waals surface area contributed by atoms with E-state index in [-0.39, 0.29) is 89.1 Å².